The molecular formula is C32H26FN5O4. The fourth-order valence-corrected chi connectivity index (χ4v) is 5.13. The Balaban J connectivity index is 0.000000171. The minimum Gasteiger partial charge on any atom is -0.478 e. The number of aromatic carboxylic acids is 1. The molecule has 4 heterocycles. The van der Waals surface area contributed by atoms with Crippen LogP contribution in [0.25, 0.3) is 23.3 Å². The van der Waals surface area contributed by atoms with Gasteiger partial charge in [-0.2, -0.15) is 5.26 Å². The highest BCUT2D eigenvalue weighted by molar-refractivity contribution is 6.35. The lowest BCUT2D eigenvalue weighted by Gasteiger charge is -1.99. The van der Waals surface area contributed by atoms with Gasteiger partial charge in [0.25, 0.3) is 11.8 Å². The molecule has 2 amide bonds. The number of carboxylic acids is 1. The number of hydrogen-bond donors (Lipinski definition) is 5. The molecule has 210 valence electrons. The predicted molar refractivity (Wildman–Crippen MR) is 158 cm³/mol. The quantitative estimate of drug-likeness (QED) is 0.195. The molecule has 10 heteroatoms. The van der Waals surface area contributed by atoms with Gasteiger partial charge < -0.3 is 25.7 Å². The molecule has 0 saturated heterocycles. The van der Waals surface area contributed by atoms with Gasteiger partial charge >= 0.3 is 5.97 Å². The fourth-order valence-electron chi connectivity index (χ4n) is 5.13. The summed E-state index contributed by atoms with van der Waals surface area (Å²) in [7, 11) is 0. The van der Waals surface area contributed by atoms with Crippen molar-refractivity contribution in [3.63, 3.8) is 0 Å². The number of nitrogens with zero attached hydrogens (tertiary/aromatic N) is 1. The highest BCUT2D eigenvalue weighted by atomic mass is 19.1. The Morgan fingerprint density at radius 2 is 1.45 bits per heavy atom. The molecule has 5 N–H and O–H groups in total. The maximum atomic E-state index is 13.3. The Bertz CT molecular complexity index is 1920. The maximum absolute atomic E-state index is 13.3. The number of rotatable bonds is 3. The van der Waals surface area contributed by atoms with Crippen LogP contribution in [0.15, 0.2) is 42.5 Å². The number of aryl methyl sites for hydroxylation is 3. The number of halogens is 1. The Hall–Kier alpha value is -5.69. The first-order chi connectivity index (χ1) is 20.0. The number of nitrogens with one attached hydrogen (secondary N) is 4. The second kappa shape index (κ2) is 10.7. The minimum absolute atomic E-state index is 0.202. The number of aromatic amines is 2. The van der Waals surface area contributed by atoms with Crippen molar-refractivity contribution in [3.05, 3.63) is 104 Å². The third-order valence-electron chi connectivity index (χ3n) is 7.15. The molecule has 4 aromatic rings. The molecule has 0 spiro atoms. The zero-order chi connectivity index (χ0) is 30.3. The molecule has 0 saturated carbocycles. The number of nitriles is 1. The number of hydrogen-bond acceptors (Lipinski definition) is 4. The lowest BCUT2D eigenvalue weighted by atomic mass is 10.0. The summed E-state index contributed by atoms with van der Waals surface area (Å²) in [6, 6.07) is 13.3. The van der Waals surface area contributed by atoms with Crippen molar-refractivity contribution in [2.75, 3.05) is 10.6 Å². The molecule has 0 fully saturated rings. The van der Waals surface area contributed by atoms with Gasteiger partial charge in [0.1, 0.15) is 5.82 Å². The molecule has 2 aromatic heterocycles. The molecule has 42 heavy (non-hydrogen) atoms. The highest BCUT2D eigenvalue weighted by Crippen LogP contribution is 2.35. The number of amides is 2. The number of carbonyl (C=O) groups is 3. The van der Waals surface area contributed by atoms with Gasteiger partial charge in [0, 0.05) is 45.3 Å². The van der Waals surface area contributed by atoms with Crippen molar-refractivity contribution >= 4 is 52.5 Å². The Kier molecular flexibility index (Phi) is 7.10. The lowest BCUT2D eigenvalue weighted by Crippen LogP contribution is -2.03. The van der Waals surface area contributed by atoms with Crippen LogP contribution in [0.1, 0.15) is 61.0 Å². The van der Waals surface area contributed by atoms with Crippen LogP contribution in [0, 0.1) is 44.8 Å². The Labute approximate surface area is 240 Å². The zero-order valence-electron chi connectivity index (χ0n) is 23.2. The summed E-state index contributed by atoms with van der Waals surface area (Å²) in [6.45, 7) is 7.29. The fraction of sp³-hybridized carbons (Fsp3) is 0.125. The van der Waals surface area contributed by atoms with Crippen molar-refractivity contribution in [1.29, 1.82) is 5.26 Å². The Morgan fingerprint density at radius 3 is 2.00 bits per heavy atom. The van der Waals surface area contributed by atoms with E-state index >= 15 is 0 Å². The van der Waals surface area contributed by atoms with Crippen molar-refractivity contribution in [1.82, 2.24) is 9.97 Å². The van der Waals surface area contributed by atoms with Crippen molar-refractivity contribution in [3.8, 4) is 6.07 Å². The SMILES string of the molecule is Cc1[nH]c(/C=C2\C(=O)Nc3ccc(C#N)cc32)c(C)c1C(=O)O.Cc1cc(C)c(/C=C2\C(=O)Nc3ccc(F)cc32)[nH]1. The van der Waals surface area contributed by atoms with Gasteiger partial charge in [-0.3, -0.25) is 9.59 Å². The number of benzene rings is 2. The smallest absolute Gasteiger partial charge is 0.337 e. The van der Waals surface area contributed by atoms with Crippen LogP contribution in [0.3, 0.4) is 0 Å². The molecule has 2 aliphatic rings. The summed E-state index contributed by atoms with van der Waals surface area (Å²) >= 11 is 0. The Morgan fingerprint density at radius 1 is 0.857 bits per heavy atom. The van der Waals surface area contributed by atoms with Gasteiger partial charge in [-0.15, -0.1) is 0 Å². The number of aromatic nitrogens is 2. The van der Waals surface area contributed by atoms with E-state index in [0.717, 1.165) is 17.0 Å². The van der Waals surface area contributed by atoms with E-state index in [9.17, 15) is 23.9 Å². The van der Waals surface area contributed by atoms with Gasteiger partial charge in [0.15, 0.2) is 0 Å². The van der Waals surface area contributed by atoms with Crippen LogP contribution in [0.4, 0.5) is 15.8 Å². The van der Waals surface area contributed by atoms with E-state index in [0.29, 0.717) is 56.2 Å². The van der Waals surface area contributed by atoms with Crippen LogP contribution in [-0.4, -0.2) is 32.9 Å². The monoisotopic (exact) mass is 563 g/mol. The van der Waals surface area contributed by atoms with E-state index in [1.807, 2.05) is 26.0 Å². The second-order valence-corrected chi connectivity index (χ2v) is 10.1. The van der Waals surface area contributed by atoms with Crippen LogP contribution in [0.2, 0.25) is 0 Å². The molecule has 2 aromatic carbocycles. The predicted octanol–water partition coefficient (Wildman–Crippen LogP) is 5.96. The average Bonchev–Trinajstić information content (AvgIpc) is 3.62. The first-order valence-corrected chi connectivity index (χ1v) is 13.0. The summed E-state index contributed by atoms with van der Waals surface area (Å²) < 4.78 is 13.3. The van der Waals surface area contributed by atoms with Crippen LogP contribution in [-0.2, 0) is 9.59 Å². The topological polar surface area (TPSA) is 151 Å². The molecule has 0 bridgehead atoms. The van der Waals surface area contributed by atoms with E-state index in [2.05, 4.69) is 20.6 Å². The van der Waals surface area contributed by atoms with Gasteiger partial charge in [0.2, 0.25) is 0 Å². The van der Waals surface area contributed by atoms with Gasteiger partial charge in [-0.05, 0) is 93.4 Å². The van der Waals surface area contributed by atoms with Gasteiger partial charge in [-0.1, -0.05) is 0 Å². The number of H-pyrrole nitrogens is 2. The molecule has 9 nitrogen and oxygen atoms in total. The third-order valence-corrected chi connectivity index (χ3v) is 7.15. The molecule has 2 aliphatic heterocycles. The van der Waals surface area contributed by atoms with Crippen LogP contribution >= 0.6 is 0 Å². The first kappa shape index (κ1) is 27.9. The zero-order valence-corrected chi connectivity index (χ0v) is 23.2. The van der Waals surface area contributed by atoms with Crippen molar-refractivity contribution < 1.29 is 23.9 Å². The molecule has 6 rings (SSSR count). The number of fused-ring (bicyclic) bond motifs is 2. The number of carboxylic acid groups (broad SMARTS) is 1. The largest absolute Gasteiger partial charge is 0.478 e. The average molecular weight is 564 g/mol. The van der Waals surface area contributed by atoms with E-state index in [4.69, 9.17) is 5.26 Å². The highest BCUT2D eigenvalue weighted by Gasteiger charge is 2.26. The molecule has 0 radical (unpaired) electrons. The second-order valence-electron chi connectivity index (χ2n) is 10.1. The van der Waals surface area contributed by atoms with Crippen molar-refractivity contribution in [2.45, 2.75) is 27.7 Å². The molecular weight excluding hydrogens is 537 g/mol. The van der Waals surface area contributed by atoms with E-state index in [-0.39, 0.29) is 23.2 Å². The summed E-state index contributed by atoms with van der Waals surface area (Å²) in [4.78, 5) is 41.6. The lowest BCUT2D eigenvalue weighted by molar-refractivity contribution is -0.111. The van der Waals surface area contributed by atoms with E-state index in [1.54, 1.807) is 50.3 Å². The summed E-state index contributed by atoms with van der Waals surface area (Å²) in [5, 5.41) is 23.7. The molecule has 0 unspecified atom stereocenters. The van der Waals surface area contributed by atoms with Gasteiger partial charge in [0.05, 0.1) is 28.3 Å². The maximum Gasteiger partial charge on any atom is 0.337 e. The summed E-state index contributed by atoms with van der Waals surface area (Å²) in [5.41, 5.74) is 8.72. The van der Waals surface area contributed by atoms with Crippen LogP contribution < -0.4 is 10.6 Å². The van der Waals surface area contributed by atoms with E-state index < -0.39 is 5.97 Å². The molecule has 0 atom stereocenters. The van der Waals surface area contributed by atoms with Crippen LogP contribution in [0.5, 0.6) is 0 Å². The third kappa shape index (κ3) is 5.11. The number of anilines is 2. The standard InChI is InChI=1S/C17H13N3O3.C15H13FN2O/c1-8-14(19-9(2)15(8)17(22)23)6-12-11-5-10(7-18)3-4-13(11)20-16(12)21;1-8-5-9(2)17-14(8)7-12-11-6-10(16)3-4-13(11)18-15(12)19/h3-6,19H,1-2H3,(H,20,21)(H,22,23);3-7,17H,1-2H3,(H,18,19)/b12-6-;12-7-. The summed E-state index contributed by atoms with van der Waals surface area (Å²) in [5.74, 6) is -1.84. The van der Waals surface area contributed by atoms with Crippen molar-refractivity contribution in [2.24, 2.45) is 0 Å². The van der Waals surface area contributed by atoms with E-state index in [1.165, 1.54) is 12.1 Å². The normalized spacial score (nSPS) is 15.0. The number of carbonyl (C=O) groups excluding carboxylic acids is 2. The minimum atomic E-state index is -1.01. The molecule has 0 aliphatic carbocycles. The summed E-state index contributed by atoms with van der Waals surface area (Å²) in [6.07, 6.45) is 3.39. The first-order valence-electron chi connectivity index (χ1n) is 13.0. The van der Waals surface area contributed by atoms with Gasteiger partial charge in [-0.25, -0.2) is 9.18 Å².